The summed E-state index contributed by atoms with van der Waals surface area (Å²) in [7, 11) is -3.05. The second kappa shape index (κ2) is 4.19. The van der Waals surface area contributed by atoms with Crippen LogP contribution >= 0.6 is 0 Å². The van der Waals surface area contributed by atoms with Gasteiger partial charge in [0, 0.05) is 31.4 Å². The summed E-state index contributed by atoms with van der Waals surface area (Å²) in [4.78, 5) is 0. The fraction of sp³-hybridized carbons (Fsp3) is 1.00. The molecule has 0 aromatic heterocycles. The molecule has 3 unspecified atom stereocenters. The van der Waals surface area contributed by atoms with Crippen molar-refractivity contribution in [2.75, 3.05) is 24.7 Å². The van der Waals surface area contributed by atoms with E-state index in [4.69, 9.17) is 10.5 Å². The molecule has 100 valence electrons. The zero-order valence-corrected chi connectivity index (χ0v) is 11.0. The van der Waals surface area contributed by atoms with E-state index in [1.807, 2.05) is 6.92 Å². The Morgan fingerprint density at radius 3 is 2.65 bits per heavy atom. The lowest BCUT2D eigenvalue weighted by Crippen LogP contribution is -2.57. The second-order valence-electron chi connectivity index (χ2n) is 5.49. The quantitative estimate of drug-likeness (QED) is 0.712. The molecule has 2 fully saturated rings. The molecule has 2 aliphatic heterocycles. The molecule has 0 radical (unpaired) electrons. The predicted octanol–water partition coefficient (Wildman–Crippen LogP) is -0.320. The van der Waals surface area contributed by atoms with Gasteiger partial charge in [-0.05, 0) is 13.3 Å². The second-order valence-corrected chi connectivity index (χ2v) is 7.68. The van der Waals surface area contributed by atoms with Crippen LogP contribution in [0.2, 0.25) is 0 Å². The van der Waals surface area contributed by atoms with Crippen LogP contribution in [-0.4, -0.2) is 49.9 Å². The normalized spacial score (nSPS) is 45.9. The molecule has 0 aromatic carbocycles. The van der Waals surface area contributed by atoms with Crippen molar-refractivity contribution in [1.82, 2.24) is 0 Å². The lowest BCUT2D eigenvalue weighted by Gasteiger charge is -2.47. The third-order valence-electron chi connectivity index (χ3n) is 4.31. The van der Waals surface area contributed by atoms with E-state index in [1.165, 1.54) is 0 Å². The maximum Gasteiger partial charge on any atom is 0.151 e. The van der Waals surface area contributed by atoms with Crippen molar-refractivity contribution in [3.63, 3.8) is 0 Å². The fourth-order valence-electron chi connectivity index (χ4n) is 3.18. The van der Waals surface area contributed by atoms with Crippen molar-refractivity contribution in [3.8, 4) is 0 Å². The Hall–Kier alpha value is -0.170. The first-order chi connectivity index (χ1) is 7.83. The third kappa shape index (κ3) is 2.23. The Morgan fingerprint density at radius 1 is 1.47 bits per heavy atom. The maximum absolute atomic E-state index is 11.7. The highest BCUT2D eigenvalue weighted by Crippen LogP contribution is 2.47. The Balaban J connectivity index is 2.29. The van der Waals surface area contributed by atoms with E-state index >= 15 is 0 Å². The van der Waals surface area contributed by atoms with Crippen LogP contribution < -0.4 is 5.73 Å². The van der Waals surface area contributed by atoms with E-state index in [2.05, 4.69) is 0 Å². The van der Waals surface area contributed by atoms with Gasteiger partial charge in [-0.2, -0.15) is 0 Å². The van der Waals surface area contributed by atoms with Gasteiger partial charge >= 0.3 is 0 Å². The predicted molar refractivity (Wildman–Crippen MR) is 64.4 cm³/mol. The van der Waals surface area contributed by atoms with Crippen molar-refractivity contribution in [2.45, 2.75) is 37.9 Å². The van der Waals surface area contributed by atoms with Gasteiger partial charge in [-0.25, -0.2) is 8.42 Å². The molecule has 2 saturated heterocycles. The molecule has 0 amide bonds. The van der Waals surface area contributed by atoms with E-state index in [0.717, 1.165) is 0 Å². The summed E-state index contributed by atoms with van der Waals surface area (Å²) in [6.07, 6.45) is 1.37. The number of aliphatic hydroxyl groups is 1. The van der Waals surface area contributed by atoms with Crippen molar-refractivity contribution < 1.29 is 18.3 Å². The maximum atomic E-state index is 11.7. The number of rotatable bonds is 2. The molecular weight excluding hydrogens is 242 g/mol. The lowest BCUT2D eigenvalue weighted by atomic mass is 9.66. The smallest absolute Gasteiger partial charge is 0.151 e. The molecule has 17 heavy (non-hydrogen) atoms. The fourth-order valence-corrected chi connectivity index (χ4v) is 5.40. The highest BCUT2D eigenvalue weighted by molar-refractivity contribution is 7.91. The molecule has 6 heteroatoms. The number of hydrogen-bond acceptors (Lipinski definition) is 5. The van der Waals surface area contributed by atoms with Gasteiger partial charge in [0.1, 0.15) is 0 Å². The first-order valence-electron chi connectivity index (χ1n) is 6.07. The number of ether oxygens (including phenoxy) is 1. The Morgan fingerprint density at radius 2 is 2.18 bits per heavy atom. The van der Waals surface area contributed by atoms with Gasteiger partial charge in [0.15, 0.2) is 9.84 Å². The summed E-state index contributed by atoms with van der Waals surface area (Å²) in [6, 6.07) is 0. The van der Waals surface area contributed by atoms with Gasteiger partial charge in [0.05, 0.1) is 23.2 Å². The van der Waals surface area contributed by atoms with Gasteiger partial charge in [0.2, 0.25) is 0 Å². The molecule has 2 aliphatic rings. The standard InChI is InChI=1S/C11H21NO4S/c1-9-6-11(13,2-4-16-9)10(7-12)3-5-17(14,15)8-10/h9,13H,2-8,12H2,1H3. The van der Waals surface area contributed by atoms with Crippen LogP contribution in [0.1, 0.15) is 26.2 Å². The zero-order valence-electron chi connectivity index (χ0n) is 10.2. The lowest BCUT2D eigenvalue weighted by molar-refractivity contribution is -0.154. The van der Waals surface area contributed by atoms with E-state index in [-0.39, 0.29) is 24.2 Å². The summed E-state index contributed by atoms with van der Waals surface area (Å²) in [5.41, 5.74) is 4.11. The van der Waals surface area contributed by atoms with Crippen molar-refractivity contribution in [1.29, 1.82) is 0 Å². The third-order valence-corrected chi connectivity index (χ3v) is 6.13. The molecule has 2 heterocycles. The molecule has 3 atom stereocenters. The summed E-state index contributed by atoms with van der Waals surface area (Å²) < 4.78 is 28.8. The van der Waals surface area contributed by atoms with E-state index in [1.54, 1.807) is 0 Å². The number of nitrogens with two attached hydrogens (primary N) is 1. The summed E-state index contributed by atoms with van der Waals surface area (Å²) in [5.74, 6) is 0.154. The Kier molecular flexibility index (Phi) is 3.27. The largest absolute Gasteiger partial charge is 0.389 e. The van der Waals surface area contributed by atoms with Gasteiger partial charge in [-0.3, -0.25) is 0 Å². The molecule has 0 aliphatic carbocycles. The molecule has 2 rings (SSSR count). The van der Waals surface area contributed by atoms with Gasteiger partial charge < -0.3 is 15.6 Å². The van der Waals surface area contributed by atoms with Gasteiger partial charge in [0.25, 0.3) is 0 Å². The average molecular weight is 263 g/mol. The topological polar surface area (TPSA) is 89.6 Å². The summed E-state index contributed by atoms with van der Waals surface area (Å²) in [6.45, 7) is 2.59. The highest BCUT2D eigenvalue weighted by atomic mass is 32.2. The first kappa shape index (κ1) is 13.3. The highest BCUT2D eigenvalue weighted by Gasteiger charge is 2.56. The van der Waals surface area contributed by atoms with Crippen LogP contribution in [0, 0.1) is 5.41 Å². The van der Waals surface area contributed by atoms with E-state index in [9.17, 15) is 13.5 Å². The molecule has 3 N–H and O–H groups in total. The summed E-state index contributed by atoms with van der Waals surface area (Å²) in [5, 5.41) is 10.8. The molecule has 0 bridgehead atoms. The van der Waals surface area contributed by atoms with Crippen molar-refractivity contribution >= 4 is 9.84 Å². The molecular formula is C11H21NO4S. The SMILES string of the molecule is CC1CC(O)(C2(CN)CCS(=O)(=O)C2)CCO1. The first-order valence-corrected chi connectivity index (χ1v) is 7.89. The monoisotopic (exact) mass is 263 g/mol. The Labute approximate surface area is 102 Å². The molecule has 0 saturated carbocycles. The van der Waals surface area contributed by atoms with E-state index in [0.29, 0.717) is 25.9 Å². The minimum Gasteiger partial charge on any atom is -0.389 e. The number of hydrogen-bond donors (Lipinski definition) is 2. The molecule has 5 nitrogen and oxygen atoms in total. The Bertz CT molecular complexity index is 396. The summed E-state index contributed by atoms with van der Waals surface area (Å²) >= 11 is 0. The molecule has 0 aromatic rings. The van der Waals surface area contributed by atoms with Gasteiger partial charge in [-0.15, -0.1) is 0 Å². The molecule has 0 spiro atoms. The van der Waals surface area contributed by atoms with Crippen LogP contribution in [0.15, 0.2) is 0 Å². The van der Waals surface area contributed by atoms with Crippen molar-refractivity contribution in [3.05, 3.63) is 0 Å². The van der Waals surface area contributed by atoms with Crippen LogP contribution in [-0.2, 0) is 14.6 Å². The minimum atomic E-state index is -3.05. The van der Waals surface area contributed by atoms with Crippen LogP contribution in [0.25, 0.3) is 0 Å². The van der Waals surface area contributed by atoms with Crippen molar-refractivity contribution in [2.24, 2.45) is 11.1 Å². The zero-order chi connectivity index (χ0) is 12.7. The minimum absolute atomic E-state index is 0.0136. The van der Waals surface area contributed by atoms with E-state index < -0.39 is 20.9 Å². The van der Waals surface area contributed by atoms with Gasteiger partial charge in [-0.1, -0.05) is 0 Å². The number of sulfone groups is 1. The van der Waals surface area contributed by atoms with Crippen LogP contribution in [0.4, 0.5) is 0 Å². The van der Waals surface area contributed by atoms with Crippen LogP contribution in [0.3, 0.4) is 0 Å². The average Bonchev–Trinajstić information content (AvgIpc) is 2.55. The van der Waals surface area contributed by atoms with Crippen LogP contribution in [0.5, 0.6) is 0 Å².